The van der Waals surface area contributed by atoms with Crippen molar-refractivity contribution in [2.45, 2.75) is 6.10 Å². The number of hydrogen-bond acceptors (Lipinski definition) is 5. The van der Waals surface area contributed by atoms with Crippen LogP contribution in [0.1, 0.15) is 11.7 Å². The summed E-state index contributed by atoms with van der Waals surface area (Å²) < 4.78 is 15.9. The highest BCUT2D eigenvalue weighted by Crippen LogP contribution is 2.38. The first kappa shape index (κ1) is 17.5. The van der Waals surface area contributed by atoms with Gasteiger partial charge in [-0.15, -0.1) is 0 Å². The molecule has 1 heterocycles. The van der Waals surface area contributed by atoms with Crippen molar-refractivity contribution in [3.63, 3.8) is 0 Å². The molecule has 0 saturated carbocycles. The van der Waals surface area contributed by atoms with E-state index in [1.807, 2.05) is 12.1 Å². The first-order valence-corrected chi connectivity index (χ1v) is 8.14. The Morgan fingerprint density at radius 3 is 2.36 bits per heavy atom. The van der Waals surface area contributed by atoms with Crippen LogP contribution in [0.4, 0.5) is 5.69 Å². The number of hydrogen-bond donors (Lipinski definition) is 1. The summed E-state index contributed by atoms with van der Waals surface area (Å²) in [5.74, 6) is 0.505. The Morgan fingerprint density at radius 2 is 1.72 bits per heavy atom. The first-order valence-electron chi connectivity index (χ1n) is 7.38. The van der Waals surface area contributed by atoms with Gasteiger partial charge in [0.2, 0.25) is 0 Å². The summed E-state index contributed by atoms with van der Waals surface area (Å²) in [6.07, 6.45) is 1.22. The molecule has 1 N–H and O–H groups in total. The van der Waals surface area contributed by atoms with Crippen LogP contribution in [0.3, 0.4) is 0 Å². The molecule has 1 aliphatic rings. The number of anilines is 1. The Labute approximate surface area is 155 Å². The lowest BCUT2D eigenvalue weighted by Gasteiger charge is -2.13. The van der Waals surface area contributed by atoms with Crippen LogP contribution >= 0.6 is 23.2 Å². The van der Waals surface area contributed by atoms with Gasteiger partial charge in [-0.1, -0.05) is 35.3 Å². The Hall–Kier alpha value is -2.37. The number of benzene rings is 2. The molecule has 130 valence electrons. The molecule has 0 aromatic heterocycles. The molecule has 2 aromatic carbocycles. The molecule has 0 saturated heterocycles. The molecule has 0 bridgehead atoms. The van der Waals surface area contributed by atoms with Gasteiger partial charge in [0.15, 0.2) is 0 Å². The van der Waals surface area contributed by atoms with Crippen molar-refractivity contribution in [2.24, 2.45) is 0 Å². The zero-order valence-corrected chi connectivity index (χ0v) is 15.0. The molecular weight excluding hydrogens is 365 g/mol. The van der Waals surface area contributed by atoms with Crippen LogP contribution < -0.4 is 14.8 Å². The molecule has 0 aliphatic carbocycles. The number of esters is 1. The van der Waals surface area contributed by atoms with Crippen LogP contribution in [-0.2, 0) is 9.53 Å². The Balaban J connectivity index is 1.87. The minimum absolute atomic E-state index is 0.305. The quantitative estimate of drug-likeness (QED) is 0.768. The summed E-state index contributed by atoms with van der Waals surface area (Å²) >= 11 is 12.0. The SMILES string of the molecule is COc1cc(OC)c(NC2=CC(c3ccc(Cl)cc3)OC2=O)cc1Cl. The second kappa shape index (κ2) is 7.25. The second-order valence-electron chi connectivity index (χ2n) is 5.27. The predicted octanol–water partition coefficient (Wildman–Crippen LogP) is 4.60. The molecule has 1 aliphatic heterocycles. The number of ether oxygens (including phenoxy) is 3. The van der Waals surface area contributed by atoms with E-state index in [2.05, 4.69) is 5.32 Å². The van der Waals surface area contributed by atoms with E-state index < -0.39 is 12.1 Å². The number of carbonyl (C=O) groups excluding carboxylic acids is 1. The van der Waals surface area contributed by atoms with Gasteiger partial charge in [-0.25, -0.2) is 4.79 Å². The maximum Gasteiger partial charge on any atom is 0.355 e. The summed E-state index contributed by atoms with van der Waals surface area (Å²) in [6, 6.07) is 10.4. The van der Waals surface area contributed by atoms with Crippen LogP contribution in [-0.4, -0.2) is 20.2 Å². The summed E-state index contributed by atoms with van der Waals surface area (Å²) in [5, 5.41) is 4.02. The summed E-state index contributed by atoms with van der Waals surface area (Å²) in [5.41, 5.74) is 1.67. The van der Waals surface area contributed by atoms with E-state index >= 15 is 0 Å². The molecule has 7 heteroatoms. The van der Waals surface area contributed by atoms with Crippen molar-refractivity contribution >= 4 is 34.9 Å². The Morgan fingerprint density at radius 1 is 1.04 bits per heavy atom. The highest BCUT2D eigenvalue weighted by molar-refractivity contribution is 6.32. The Kier molecular flexibility index (Phi) is 5.06. The maximum atomic E-state index is 12.2. The standard InChI is InChI=1S/C18H15Cl2NO4/c1-23-16-9-17(24-2)13(7-12(16)20)21-14-8-15(25-18(14)22)10-3-5-11(19)6-4-10/h3-9,15,21H,1-2H3. The molecule has 3 rings (SSSR count). The van der Waals surface area contributed by atoms with Crippen LogP contribution in [0.25, 0.3) is 0 Å². The number of nitrogens with one attached hydrogen (secondary N) is 1. The smallest absolute Gasteiger partial charge is 0.355 e. The third-order valence-electron chi connectivity index (χ3n) is 3.71. The van der Waals surface area contributed by atoms with Crippen LogP contribution in [0.5, 0.6) is 11.5 Å². The fraction of sp³-hybridized carbons (Fsp3) is 0.167. The molecule has 1 unspecified atom stereocenters. The van der Waals surface area contributed by atoms with Crippen molar-refractivity contribution in [3.05, 3.63) is 63.8 Å². The lowest BCUT2D eigenvalue weighted by Crippen LogP contribution is -2.09. The van der Waals surface area contributed by atoms with Crippen molar-refractivity contribution in [3.8, 4) is 11.5 Å². The highest BCUT2D eigenvalue weighted by atomic mass is 35.5. The fourth-order valence-corrected chi connectivity index (χ4v) is 2.81. The summed E-state index contributed by atoms with van der Waals surface area (Å²) in [4.78, 5) is 12.2. The fourth-order valence-electron chi connectivity index (χ4n) is 2.44. The van der Waals surface area contributed by atoms with E-state index in [9.17, 15) is 4.79 Å². The van der Waals surface area contributed by atoms with Crippen molar-refractivity contribution in [2.75, 3.05) is 19.5 Å². The third-order valence-corrected chi connectivity index (χ3v) is 4.26. The minimum Gasteiger partial charge on any atom is -0.495 e. The van der Waals surface area contributed by atoms with Gasteiger partial charge >= 0.3 is 5.97 Å². The largest absolute Gasteiger partial charge is 0.495 e. The van der Waals surface area contributed by atoms with E-state index in [4.69, 9.17) is 37.4 Å². The van der Waals surface area contributed by atoms with Gasteiger partial charge in [0, 0.05) is 11.1 Å². The van der Waals surface area contributed by atoms with Crippen molar-refractivity contribution in [1.82, 2.24) is 0 Å². The van der Waals surface area contributed by atoms with Gasteiger partial charge in [-0.3, -0.25) is 0 Å². The summed E-state index contributed by atoms with van der Waals surface area (Å²) in [7, 11) is 3.03. The lowest BCUT2D eigenvalue weighted by atomic mass is 10.1. The average molecular weight is 380 g/mol. The van der Waals surface area contributed by atoms with Crippen LogP contribution in [0.2, 0.25) is 10.0 Å². The maximum absolute atomic E-state index is 12.2. The topological polar surface area (TPSA) is 56.8 Å². The zero-order chi connectivity index (χ0) is 18.0. The van der Waals surface area contributed by atoms with Gasteiger partial charge < -0.3 is 19.5 Å². The van der Waals surface area contributed by atoms with Gasteiger partial charge in [-0.2, -0.15) is 0 Å². The molecular formula is C18H15Cl2NO4. The minimum atomic E-state index is -0.480. The van der Waals surface area contributed by atoms with E-state index in [0.717, 1.165) is 5.56 Å². The van der Waals surface area contributed by atoms with E-state index in [1.165, 1.54) is 14.2 Å². The molecule has 25 heavy (non-hydrogen) atoms. The second-order valence-corrected chi connectivity index (χ2v) is 6.11. The number of halogens is 2. The molecule has 2 aromatic rings. The number of cyclic esters (lactones) is 1. The normalized spacial score (nSPS) is 16.2. The van der Waals surface area contributed by atoms with Gasteiger partial charge in [0.1, 0.15) is 23.3 Å². The molecule has 0 amide bonds. The highest BCUT2D eigenvalue weighted by Gasteiger charge is 2.27. The number of rotatable bonds is 5. The zero-order valence-electron chi connectivity index (χ0n) is 13.5. The lowest BCUT2D eigenvalue weighted by molar-refractivity contribution is -0.139. The van der Waals surface area contributed by atoms with Crippen LogP contribution in [0, 0.1) is 0 Å². The molecule has 0 spiro atoms. The van der Waals surface area contributed by atoms with Crippen molar-refractivity contribution < 1.29 is 19.0 Å². The van der Waals surface area contributed by atoms with Gasteiger partial charge in [-0.05, 0) is 29.8 Å². The third kappa shape index (κ3) is 3.67. The van der Waals surface area contributed by atoms with E-state index in [0.29, 0.717) is 32.9 Å². The Bertz CT molecular complexity index is 834. The molecule has 1 atom stereocenters. The molecule has 0 radical (unpaired) electrons. The average Bonchev–Trinajstić information content (AvgIpc) is 2.96. The van der Waals surface area contributed by atoms with E-state index in [-0.39, 0.29) is 0 Å². The monoisotopic (exact) mass is 379 g/mol. The first-order chi connectivity index (χ1) is 12.0. The number of methoxy groups -OCH3 is 2. The van der Waals surface area contributed by atoms with Crippen molar-refractivity contribution in [1.29, 1.82) is 0 Å². The van der Waals surface area contributed by atoms with Crippen LogP contribution in [0.15, 0.2) is 48.2 Å². The van der Waals surface area contributed by atoms with Gasteiger partial charge in [0.05, 0.1) is 24.9 Å². The predicted molar refractivity (Wildman–Crippen MR) is 96.5 cm³/mol. The number of carbonyl (C=O) groups is 1. The molecule has 5 nitrogen and oxygen atoms in total. The molecule has 0 fully saturated rings. The van der Waals surface area contributed by atoms with E-state index in [1.54, 1.807) is 30.3 Å². The summed E-state index contributed by atoms with van der Waals surface area (Å²) in [6.45, 7) is 0. The van der Waals surface area contributed by atoms with Gasteiger partial charge in [0.25, 0.3) is 0 Å².